The van der Waals surface area contributed by atoms with Crippen molar-refractivity contribution < 1.29 is 4.79 Å². The molecule has 1 aliphatic rings. The zero-order chi connectivity index (χ0) is 14.7. The van der Waals surface area contributed by atoms with E-state index in [-0.39, 0.29) is 11.9 Å². The monoisotopic (exact) mass is 282 g/mol. The molecule has 0 aromatic heterocycles. The predicted octanol–water partition coefficient (Wildman–Crippen LogP) is 2.72. The Morgan fingerprint density at radius 2 is 2.00 bits per heavy atom. The number of rotatable bonds is 3. The van der Waals surface area contributed by atoms with Crippen molar-refractivity contribution >= 4 is 16.7 Å². The van der Waals surface area contributed by atoms with E-state index in [1.165, 1.54) is 16.3 Å². The van der Waals surface area contributed by atoms with Crippen molar-refractivity contribution in [3.8, 4) is 0 Å². The van der Waals surface area contributed by atoms with Gasteiger partial charge in [-0.05, 0) is 35.6 Å². The van der Waals surface area contributed by atoms with E-state index in [2.05, 4.69) is 30.3 Å². The number of nitrogens with two attached hydrogens (primary N) is 1. The SMILES string of the molecule is NC1CCCN(C(=O)CCc2ccc3ccccc3c2)C1. The van der Waals surface area contributed by atoms with Crippen molar-refractivity contribution in [2.75, 3.05) is 13.1 Å². The standard InChI is InChI=1S/C18H22N2O/c19-17-6-3-11-20(13-17)18(21)10-8-14-7-9-15-4-1-2-5-16(15)12-14/h1-2,4-5,7,9,12,17H,3,6,8,10-11,13,19H2. The van der Waals surface area contributed by atoms with Gasteiger partial charge in [0.2, 0.25) is 5.91 Å². The lowest BCUT2D eigenvalue weighted by Gasteiger charge is -2.30. The van der Waals surface area contributed by atoms with Crippen LogP contribution >= 0.6 is 0 Å². The van der Waals surface area contributed by atoms with Crippen molar-refractivity contribution in [3.05, 3.63) is 48.0 Å². The predicted molar refractivity (Wildman–Crippen MR) is 86.1 cm³/mol. The molecule has 3 rings (SSSR count). The third kappa shape index (κ3) is 3.42. The zero-order valence-corrected chi connectivity index (χ0v) is 12.3. The zero-order valence-electron chi connectivity index (χ0n) is 12.3. The summed E-state index contributed by atoms with van der Waals surface area (Å²) in [5.41, 5.74) is 7.16. The van der Waals surface area contributed by atoms with Gasteiger partial charge in [0.25, 0.3) is 0 Å². The number of carbonyl (C=O) groups excluding carboxylic acids is 1. The van der Waals surface area contributed by atoms with E-state index in [9.17, 15) is 4.79 Å². The number of hydrogen-bond donors (Lipinski definition) is 1. The molecule has 1 amide bonds. The van der Waals surface area contributed by atoms with Crippen LogP contribution in [0.5, 0.6) is 0 Å². The van der Waals surface area contributed by atoms with Gasteiger partial charge in [-0.15, -0.1) is 0 Å². The molecule has 1 atom stereocenters. The summed E-state index contributed by atoms with van der Waals surface area (Å²) in [5, 5.41) is 2.48. The molecule has 3 heteroatoms. The molecule has 2 N–H and O–H groups in total. The third-order valence-electron chi connectivity index (χ3n) is 4.25. The molecule has 2 aromatic carbocycles. The summed E-state index contributed by atoms with van der Waals surface area (Å²) in [6.45, 7) is 1.58. The quantitative estimate of drug-likeness (QED) is 0.941. The van der Waals surface area contributed by atoms with Crippen LogP contribution in [0.25, 0.3) is 10.8 Å². The summed E-state index contributed by atoms with van der Waals surface area (Å²) in [7, 11) is 0. The number of nitrogens with zero attached hydrogens (tertiary/aromatic N) is 1. The molecule has 1 aliphatic heterocycles. The Balaban J connectivity index is 1.61. The highest BCUT2D eigenvalue weighted by Gasteiger charge is 2.20. The molecule has 1 unspecified atom stereocenters. The summed E-state index contributed by atoms with van der Waals surface area (Å²) >= 11 is 0. The minimum absolute atomic E-state index is 0.156. The van der Waals surface area contributed by atoms with Crippen molar-refractivity contribution in [2.24, 2.45) is 5.73 Å². The number of aryl methyl sites for hydroxylation is 1. The highest BCUT2D eigenvalue weighted by atomic mass is 16.2. The Hall–Kier alpha value is -1.87. The van der Waals surface area contributed by atoms with E-state index in [1.54, 1.807) is 0 Å². The number of carbonyl (C=O) groups is 1. The molecule has 2 aromatic rings. The largest absolute Gasteiger partial charge is 0.341 e. The Labute approximate surface area is 125 Å². The number of amides is 1. The minimum Gasteiger partial charge on any atom is -0.341 e. The van der Waals surface area contributed by atoms with Crippen LogP contribution in [-0.2, 0) is 11.2 Å². The summed E-state index contributed by atoms with van der Waals surface area (Å²) in [6.07, 6.45) is 3.44. The van der Waals surface area contributed by atoms with Crippen LogP contribution in [0.2, 0.25) is 0 Å². The van der Waals surface area contributed by atoms with Gasteiger partial charge in [0, 0.05) is 25.6 Å². The Morgan fingerprint density at radius 1 is 1.19 bits per heavy atom. The first kappa shape index (κ1) is 14.1. The van der Waals surface area contributed by atoms with Crippen LogP contribution in [0.4, 0.5) is 0 Å². The first-order valence-corrected chi connectivity index (χ1v) is 7.73. The lowest BCUT2D eigenvalue weighted by Crippen LogP contribution is -2.45. The maximum absolute atomic E-state index is 12.3. The highest BCUT2D eigenvalue weighted by Crippen LogP contribution is 2.17. The lowest BCUT2D eigenvalue weighted by atomic mass is 10.0. The van der Waals surface area contributed by atoms with E-state index in [1.807, 2.05) is 17.0 Å². The van der Waals surface area contributed by atoms with Crippen LogP contribution < -0.4 is 5.73 Å². The van der Waals surface area contributed by atoms with Gasteiger partial charge in [-0.1, -0.05) is 42.5 Å². The van der Waals surface area contributed by atoms with Gasteiger partial charge in [-0.3, -0.25) is 4.79 Å². The summed E-state index contributed by atoms with van der Waals surface area (Å²) < 4.78 is 0. The van der Waals surface area contributed by atoms with Crippen LogP contribution in [-0.4, -0.2) is 29.9 Å². The summed E-state index contributed by atoms with van der Waals surface area (Å²) in [4.78, 5) is 14.2. The number of fused-ring (bicyclic) bond motifs is 1. The molecule has 110 valence electrons. The summed E-state index contributed by atoms with van der Waals surface area (Å²) in [6, 6.07) is 14.9. The number of piperidine rings is 1. The third-order valence-corrected chi connectivity index (χ3v) is 4.25. The fourth-order valence-electron chi connectivity index (χ4n) is 3.04. The molecule has 0 saturated carbocycles. The molecular weight excluding hydrogens is 260 g/mol. The van der Waals surface area contributed by atoms with Crippen LogP contribution in [0.3, 0.4) is 0 Å². The Kier molecular flexibility index (Phi) is 4.20. The van der Waals surface area contributed by atoms with Gasteiger partial charge in [0.15, 0.2) is 0 Å². The second kappa shape index (κ2) is 6.27. The van der Waals surface area contributed by atoms with Crippen molar-refractivity contribution in [1.82, 2.24) is 4.90 Å². The Morgan fingerprint density at radius 3 is 2.81 bits per heavy atom. The smallest absolute Gasteiger partial charge is 0.222 e. The van der Waals surface area contributed by atoms with Gasteiger partial charge in [-0.2, -0.15) is 0 Å². The summed E-state index contributed by atoms with van der Waals surface area (Å²) in [5.74, 6) is 0.235. The average molecular weight is 282 g/mol. The molecule has 3 nitrogen and oxygen atoms in total. The minimum atomic E-state index is 0.156. The molecule has 21 heavy (non-hydrogen) atoms. The second-order valence-corrected chi connectivity index (χ2v) is 5.92. The maximum atomic E-state index is 12.3. The van der Waals surface area contributed by atoms with E-state index in [4.69, 9.17) is 5.73 Å². The first-order chi connectivity index (χ1) is 10.2. The molecule has 1 fully saturated rings. The van der Waals surface area contributed by atoms with E-state index < -0.39 is 0 Å². The molecule has 1 saturated heterocycles. The fraction of sp³-hybridized carbons (Fsp3) is 0.389. The Bertz CT molecular complexity index is 638. The van der Waals surface area contributed by atoms with E-state index >= 15 is 0 Å². The van der Waals surface area contributed by atoms with Crippen LogP contribution in [0.1, 0.15) is 24.8 Å². The number of likely N-dealkylation sites (tertiary alicyclic amines) is 1. The molecule has 0 aliphatic carbocycles. The highest BCUT2D eigenvalue weighted by molar-refractivity contribution is 5.83. The van der Waals surface area contributed by atoms with Crippen molar-refractivity contribution in [3.63, 3.8) is 0 Å². The average Bonchev–Trinajstić information content (AvgIpc) is 2.52. The lowest BCUT2D eigenvalue weighted by molar-refractivity contribution is -0.132. The second-order valence-electron chi connectivity index (χ2n) is 5.92. The van der Waals surface area contributed by atoms with E-state index in [0.717, 1.165) is 32.4 Å². The van der Waals surface area contributed by atoms with Crippen LogP contribution in [0.15, 0.2) is 42.5 Å². The topological polar surface area (TPSA) is 46.3 Å². The van der Waals surface area contributed by atoms with Crippen molar-refractivity contribution in [2.45, 2.75) is 31.7 Å². The van der Waals surface area contributed by atoms with Gasteiger partial charge in [0.05, 0.1) is 0 Å². The number of hydrogen-bond acceptors (Lipinski definition) is 2. The fourth-order valence-corrected chi connectivity index (χ4v) is 3.04. The number of benzene rings is 2. The first-order valence-electron chi connectivity index (χ1n) is 7.73. The van der Waals surface area contributed by atoms with E-state index in [0.29, 0.717) is 6.42 Å². The van der Waals surface area contributed by atoms with Gasteiger partial charge >= 0.3 is 0 Å². The van der Waals surface area contributed by atoms with Gasteiger partial charge < -0.3 is 10.6 Å². The maximum Gasteiger partial charge on any atom is 0.222 e. The molecular formula is C18H22N2O. The molecule has 0 spiro atoms. The normalized spacial score (nSPS) is 18.9. The van der Waals surface area contributed by atoms with Gasteiger partial charge in [0.1, 0.15) is 0 Å². The van der Waals surface area contributed by atoms with Crippen LogP contribution in [0, 0.1) is 0 Å². The molecule has 1 heterocycles. The van der Waals surface area contributed by atoms with Crippen molar-refractivity contribution in [1.29, 1.82) is 0 Å². The molecule has 0 radical (unpaired) electrons. The van der Waals surface area contributed by atoms with Gasteiger partial charge in [-0.25, -0.2) is 0 Å². The molecule has 0 bridgehead atoms.